The van der Waals surface area contributed by atoms with E-state index in [4.69, 9.17) is 5.26 Å². The van der Waals surface area contributed by atoms with Gasteiger partial charge in [0.25, 0.3) is 5.91 Å². The number of nitrogens with one attached hydrogen (secondary N) is 1. The second kappa shape index (κ2) is 5.89. The minimum absolute atomic E-state index is 0.129. The summed E-state index contributed by atoms with van der Waals surface area (Å²) < 4.78 is 12.3. The fourth-order valence-electron chi connectivity index (χ4n) is 1.94. The average molecular weight is 262 g/mol. The standard InChI is InChI=1S/C13H14N2O2S/c14-9-10-4-6-11(7-5-10)18(17)12-3-1-2-8-15-13(12)16/h4-7,12H,1-3,8H2,(H,15,16). The quantitative estimate of drug-likeness (QED) is 0.817. The molecule has 2 rings (SSSR count). The van der Waals surface area contributed by atoms with Gasteiger partial charge in [-0.1, -0.05) is 0 Å². The third-order valence-corrected chi connectivity index (χ3v) is 4.66. The summed E-state index contributed by atoms with van der Waals surface area (Å²) in [6, 6.07) is 8.59. The molecular weight excluding hydrogens is 248 g/mol. The molecule has 1 aromatic rings. The number of hydrogen-bond acceptors (Lipinski definition) is 3. The molecule has 0 bridgehead atoms. The van der Waals surface area contributed by atoms with Gasteiger partial charge in [0.15, 0.2) is 10.1 Å². The number of carbonyl (C=O) groups excluding carboxylic acids is 1. The molecule has 1 heterocycles. The van der Waals surface area contributed by atoms with Gasteiger partial charge in [-0.2, -0.15) is 5.26 Å². The first-order valence-electron chi connectivity index (χ1n) is 5.91. The van der Waals surface area contributed by atoms with Crippen molar-refractivity contribution in [1.29, 1.82) is 5.26 Å². The number of nitrogens with zero attached hydrogens (tertiary/aromatic N) is 1. The molecule has 1 fully saturated rings. The molecule has 1 aliphatic heterocycles. The van der Waals surface area contributed by atoms with Crippen molar-refractivity contribution in [3.8, 4) is 6.07 Å². The first-order chi connectivity index (χ1) is 8.72. The smallest absolute Gasteiger partial charge is 0.273 e. The summed E-state index contributed by atoms with van der Waals surface area (Å²) in [6.45, 7) is 0.667. The number of amides is 1. The molecule has 2 unspecified atom stereocenters. The fraction of sp³-hybridized carbons (Fsp3) is 0.385. The molecule has 0 radical (unpaired) electrons. The number of rotatable bonds is 2. The van der Waals surface area contributed by atoms with Gasteiger partial charge in [-0.15, -0.1) is 0 Å². The molecule has 1 aliphatic rings. The monoisotopic (exact) mass is 262 g/mol. The van der Waals surface area contributed by atoms with Crippen molar-refractivity contribution < 1.29 is 9.35 Å². The van der Waals surface area contributed by atoms with Crippen LogP contribution < -0.4 is 5.32 Å². The topological polar surface area (TPSA) is 75.9 Å². The van der Waals surface area contributed by atoms with Crippen LogP contribution in [-0.4, -0.2) is 22.3 Å². The maximum Gasteiger partial charge on any atom is 0.273 e. The Kier molecular flexibility index (Phi) is 4.24. The molecule has 0 spiro atoms. The Bertz CT molecular complexity index is 467. The van der Waals surface area contributed by atoms with Crippen LogP contribution in [0.15, 0.2) is 29.2 Å². The van der Waals surface area contributed by atoms with Gasteiger partial charge >= 0.3 is 0 Å². The molecule has 5 heteroatoms. The first-order valence-corrected chi connectivity index (χ1v) is 7.12. The van der Waals surface area contributed by atoms with E-state index < -0.39 is 16.4 Å². The summed E-state index contributed by atoms with van der Waals surface area (Å²) in [5.74, 6) is -0.129. The van der Waals surface area contributed by atoms with Crippen molar-refractivity contribution in [3.05, 3.63) is 29.8 Å². The van der Waals surface area contributed by atoms with Crippen LogP contribution in [-0.2, 0) is 16.0 Å². The predicted molar refractivity (Wildman–Crippen MR) is 68.2 cm³/mol. The molecule has 94 valence electrons. The minimum atomic E-state index is -1.34. The highest BCUT2D eigenvalue weighted by molar-refractivity contribution is 7.92. The third-order valence-electron chi connectivity index (χ3n) is 2.96. The zero-order valence-electron chi connectivity index (χ0n) is 9.89. The second-order valence-electron chi connectivity index (χ2n) is 4.21. The lowest BCUT2D eigenvalue weighted by molar-refractivity contribution is -0.120. The van der Waals surface area contributed by atoms with E-state index in [-0.39, 0.29) is 5.91 Å². The Morgan fingerprint density at radius 3 is 2.72 bits per heavy atom. The molecule has 1 aromatic carbocycles. The predicted octanol–water partition coefficient (Wildman–Crippen LogP) is 1.33. The van der Waals surface area contributed by atoms with Crippen LogP contribution in [0.5, 0.6) is 0 Å². The number of benzene rings is 1. The summed E-state index contributed by atoms with van der Waals surface area (Å²) in [5, 5.41) is 11.0. The molecule has 1 amide bonds. The van der Waals surface area contributed by atoms with Crippen LogP contribution in [0.1, 0.15) is 24.8 Å². The van der Waals surface area contributed by atoms with Gasteiger partial charge < -0.3 is 9.87 Å². The molecule has 1 N–H and O–H groups in total. The van der Waals surface area contributed by atoms with Crippen molar-refractivity contribution in [3.63, 3.8) is 0 Å². The number of hydrogen-bond donors (Lipinski definition) is 1. The molecule has 18 heavy (non-hydrogen) atoms. The lowest BCUT2D eigenvalue weighted by Gasteiger charge is -2.18. The Labute approximate surface area is 109 Å². The Morgan fingerprint density at radius 1 is 1.33 bits per heavy atom. The largest absolute Gasteiger partial charge is 0.611 e. The fourth-order valence-corrected chi connectivity index (χ4v) is 3.33. The molecule has 0 saturated carbocycles. The van der Waals surface area contributed by atoms with E-state index in [1.165, 1.54) is 0 Å². The highest BCUT2D eigenvalue weighted by Gasteiger charge is 2.32. The molecule has 1 saturated heterocycles. The first kappa shape index (κ1) is 12.9. The van der Waals surface area contributed by atoms with Crippen LogP contribution in [0.25, 0.3) is 0 Å². The van der Waals surface area contributed by atoms with Crippen molar-refractivity contribution in [2.45, 2.75) is 29.4 Å². The maximum absolute atomic E-state index is 12.3. The Balaban J connectivity index is 2.15. The van der Waals surface area contributed by atoms with Gasteiger partial charge in [0.05, 0.1) is 11.6 Å². The van der Waals surface area contributed by atoms with Crippen LogP contribution >= 0.6 is 0 Å². The molecule has 4 nitrogen and oxygen atoms in total. The third kappa shape index (κ3) is 2.84. The van der Waals surface area contributed by atoms with E-state index in [1.807, 2.05) is 6.07 Å². The van der Waals surface area contributed by atoms with E-state index in [9.17, 15) is 9.35 Å². The highest BCUT2D eigenvalue weighted by atomic mass is 32.2. The lowest BCUT2D eigenvalue weighted by atomic mass is 10.2. The van der Waals surface area contributed by atoms with Crippen molar-refractivity contribution in [1.82, 2.24) is 5.32 Å². The normalized spacial score (nSPS) is 21.6. The Morgan fingerprint density at radius 2 is 2.06 bits per heavy atom. The van der Waals surface area contributed by atoms with E-state index in [0.29, 0.717) is 23.4 Å². The van der Waals surface area contributed by atoms with Crippen molar-refractivity contribution in [2.75, 3.05) is 6.54 Å². The van der Waals surface area contributed by atoms with Gasteiger partial charge in [-0.3, -0.25) is 4.79 Å². The van der Waals surface area contributed by atoms with Crippen LogP contribution in [0.3, 0.4) is 0 Å². The van der Waals surface area contributed by atoms with E-state index in [1.54, 1.807) is 24.3 Å². The zero-order chi connectivity index (χ0) is 13.0. The van der Waals surface area contributed by atoms with Crippen molar-refractivity contribution in [2.24, 2.45) is 0 Å². The van der Waals surface area contributed by atoms with E-state index >= 15 is 0 Å². The number of carbonyl (C=O) groups is 1. The summed E-state index contributed by atoms with van der Waals surface area (Å²) in [4.78, 5) is 12.4. The van der Waals surface area contributed by atoms with Gasteiger partial charge in [-0.25, -0.2) is 0 Å². The summed E-state index contributed by atoms with van der Waals surface area (Å²) >= 11 is -1.34. The van der Waals surface area contributed by atoms with Crippen LogP contribution in [0.2, 0.25) is 0 Å². The minimum Gasteiger partial charge on any atom is -0.611 e. The van der Waals surface area contributed by atoms with E-state index in [0.717, 1.165) is 12.8 Å². The molecule has 2 atom stereocenters. The summed E-state index contributed by atoms with van der Waals surface area (Å²) in [6.07, 6.45) is 2.50. The summed E-state index contributed by atoms with van der Waals surface area (Å²) in [7, 11) is 0. The maximum atomic E-state index is 12.3. The highest BCUT2D eigenvalue weighted by Crippen LogP contribution is 2.22. The van der Waals surface area contributed by atoms with Crippen LogP contribution in [0.4, 0.5) is 0 Å². The van der Waals surface area contributed by atoms with Crippen molar-refractivity contribution >= 4 is 17.1 Å². The summed E-state index contributed by atoms with van der Waals surface area (Å²) in [5.41, 5.74) is 0.529. The zero-order valence-corrected chi connectivity index (χ0v) is 10.7. The van der Waals surface area contributed by atoms with Gasteiger partial charge in [-0.05, 0) is 48.3 Å². The molecule has 0 aromatic heterocycles. The average Bonchev–Trinajstić information content (AvgIpc) is 2.63. The molecule has 0 aliphatic carbocycles. The number of nitriles is 1. The second-order valence-corrected chi connectivity index (χ2v) is 5.84. The molecular formula is C13H14N2O2S. The van der Waals surface area contributed by atoms with E-state index in [2.05, 4.69) is 5.32 Å². The van der Waals surface area contributed by atoms with Gasteiger partial charge in [0.1, 0.15) is 0 Å². The lowest BCUT2D eigenvalue weighted by Crippen LogP contribution is -2.38. The van der Waals surface area contributed by atoms with Gasteiger partial charge in [0, 0.05) is 13.0 Å². The van der Waals surface area contributed by atoms with Crippen LogP contribution in [0, 0.1) is 11.3 Å². The Hall–Kier alpha value is -1.51. The SMILES string of the molecule is N#Cc1ccc([S+]([O-])C2CCCCNC2=O)cc1. The van der Waals surface area contributed by atoms with Gasteiger partial charge in [0.2, 0.25) is 0 Å².